The zero-order chi connectivity index (χ0) is 22.8. The lowest BCUT2D eigenvalue weighted by Crippen LogP contribution is -2.57. The van der Waals surface area contributed by atoms with E-state index in [4.69, 9.17) is 14.2 Å². The summed E-state index contributed by atoms with van der Waals surface area (Å²) in [5, 5.41) is 19.9. The Morgan fingerprint density at radius 1 is 0.767 bits per heavy atom. The highest BCUT2D eigenvalue weighted by molar-refractivity contribution is 5.93. The third-order valence-corrected chi connectivity index (χ3v) is 4.56. The molecule has 0 rings (SSSR count). The number of aliphatic hydroxyl groups excluding tert-OH is 1. The second kappa shape index (κ2) is 17.0. The maximum atomic E-state index is 12.6. The lowest BCUT2D eigenvalue weighted by molar-refractivity contribution is -0.336. The van der Waals surface area contributed by atoms with Crippen molar-refractivity contribution >= 4 is 17.9 Å². The number of hydrogen-bond donors (Lipinski definition) is 2. The van der Waals surface area contributed by atoms with E-state index in [1.807, 2.05) is 20.8 Å². The van der Waals surface area contributed by atoms with Crippen LogP contribution in [0.4, 0.5) is 0 Å². The molecular formula is C21H38O9. The van der Waals surface area contributed by atoms with E-state index >= 15 is 0 Å². The molecule has 0 amide bonds. The van der Waals surface area contributed by atoms with Crippen molar-refractivity contribution in [2.24, 2.45) is 0 Å². The number of hydrogen-bond acceptors (Lipinski definition) is 9. The first-order valence-electron chi connectivity index (χ1n) is 10.9. The summed E-state index contributed by atoms with van der Waals surface area (Å²) >= 11 is 0. The molecule has 0 aliphatic heterocycles. The second-order valence-electron chi connectivity index (χ2n) is 7.21. The minimum absolute atomic E-state index is 0.0123. The summed E-state index contributed by atoms with van der Waals surface area (Å²) in [4.78, 5) is 41.3. The summed E-state index contributed by atoms with van der Waals surface area (Å²) in [5.41, 5.74) is -2.66. The third kappa shape index (κ3) is 10.4. The van der Waals surface area contributed by atoms with Gasteiger partial charge in [0.15, 0.2) is 6.10 Å². The fourth-order valence-electron chi connectivity index (χ4n) is 2.64. The number of esters is 3. The van der Waals surface area contributed by atoms with Crippen LogP contribution in [0, 0.1) is 0 Å². The maximum Gasteiger partial charge on any atom is 0.345 e. The van der Waals surface area contributed by atoms with Gasteiger partial charge in [0.05, 0.1) is 26.2 Å². The molecule has 2 unspecified atom stereocenters. The van der Waals surface area contributed by atoms with Gasteiger partial charge in [-0.3, -0.25) is 10.1 Å². The molecule has 176 valence electrons. The Hall–Kier alpha value is -1.71. The Balaban J connectivity index is 5.24. The molecule has 2 N–H and O–H groups in total. The van der Waals surface area contributed by atoms with Gasteiger partial charge in [0.25, 0.3) is 0 Å². The van der Waals surface area contributed by atoms with Crippen molar-refractivity contribution in [2.45, 2.75) is 96.7 Å². The average Bonchev–Trinajstić information content (AvgIpc) is 2.74. The molecule has 0 saturated heterocycles. The molecule has 0 saturated carbocycles. The summed E-state index contributed by atoms with van der Waals surface area (Å²) in [6, 6.07) is 0. The van der Waals surface area contributed by atoms with Crippen molar-refractivity contribution in [1.82, 2.24) is 0 Å². The second-order valence-corrected chi connectivity index (χ2v) is 7.21. The molecule has 0 bridgehead atoms. The average molecular weight is 435 g/mol. The number of carbonyl (C=O) groups is 3. The molecular weight excluding hydrogens is 396 g/mol. The van der Waals surface area contributed by atoms with Gasteiger partial charge in [-0.15, -0.1) is 0 Å². The molecule has 2 atom stereocenters. The van der Waals surface area contributed by atoms with Gasteiger partial charge < -0.3 is 19.3 Å². The molecule has 9 heteroatoms. The zero-order valence-electron chi connectivity index (χ0n) is 18.5. The number of carbonyl (C=O) groups excluding carboxylic acids is 3. The largest absolute Gasteiger partial charge is 0.466 e. The van der Waals surface area contributed by atoms with E-state index in [9.17, 15) is 24.7 Å². The normalized spacial score (nSPS) is 13.9. The first kappa shape index (κ1) is 28.3. The summed E-state index contributed by atoms with van der Waals surface area (Å²) in [5.74, 6) is -3.34. The van der Waals surface area contributed by atoms with Gasteiger partial charge >= 0.3 is 17.9 Å². The lowest BCUT2D eigenvalue weighted by atomic mass is 9.92. The fourth-order valence-corrected chi connectivity index (χ4v) is 2.64. The number of aliphatic hydroxyl groups is 1. The smallest absolute Gasteiger partial charge is 0.345 e. The number of rotatable bonds is 18. The van der Waals surface area contributed by atoms with Crippen LogP contribution in [-0.4, -0.2) is 59.8 Å². The highest BCUT2D eigenvalue weighted by Gasteiger charge is 2.55. The van der Waals surface area contributed by atoms with Crippen molar-refractivity contribution in [2.75, 3.05) is 19.8 Å². The van der Waals surface area contributed by atoms with Gasteiger partial charge in [0, 0.05) is 0 Å². The molecule has 0 aromatic carbocycles. The van der Waals surface area contributed by atoms with Crippen LogP contribution in [-0.2, 0) is 33.5 Å². The zero-order valence-corrected chi connectivity index (χ0v) is 18.5. The highest BCUT2D eigenvalue weighted by Crippen LogP contribution is 2.25. The van der Waals surface area contributed by atoms with Gasteiger partial charge in [-0.05, 0) is 19.3 Å². The van der Waals surface area contributed by atoms with E-state index in [2.05, 4.69) is 4.89 Å². The number of unbranched alkanes of at least 4 members (excludes halogenated alkanes) is 6. The molecule has 0 heterocycles. The van der Waals surface area contributed by atoms with Crippen molar-refractivity contribution in [1.29, 1.82) is 0 Å². The Morgan fingerprint density at radius 2 is 1.23 bits per heavy atom. The monoisotopic (exact) mass is 434 g/mol. The molecule has 0 fully saturated rings. The van der Waals surface area contributed by atoms with Gasteiger partial charge in [0.1, 0.15) is 0 Å². The van der Waals surface area contributed by atoms with Crippen LogP contribution in [0.3, 0.4) is 0 Å². The SMILES string of the molecule is CCCCCOC(=O)CC(OO)(C(=O)OCCCCC)C(O)C(=O)OCCCCC. The lowest BCUT2D eigenvalue weighted by Gasteiger charge is -2.30. The van der Waals surface area contributed by atoms with Crippen LogP contribution in [0.25, 0.3) is 0 Å². The van der Waals surface area contributed by atoms with Crippen LogP contribution in [0.15, 0.2) is 0 Å². The van der Waals surface area contributed by atoms with E-state index in [1.165, 1.54) is 0 Å². The Kier molecular flexibility index (Phi) is 16.0. The van der Waals surface area contributed by atoms with Crippen molar-refractivity contribution in [3.8, 4) is 0 Å². The fraction of sp³-hybridized carbons (Fsp3) is 0.857. The van der Waals surface area contributed by atoms with Gasteiger partial charge in [-0.1, -0.05) is 59.3 Å². The predicted octanol–water partition coefficient (Wildman–Crippen LogP) is 3.17. The number of ether oxygens (including phenoxy) is 3. The standard InChI is InChI=1S/C21H38O9/c1-4-7-10-13-27-17(22)16-21(30-26,20(25)29-15-12-9-6-3)18(23)19(24)28-14-11-8-5-2/h18,23,26H,4-16H2,1-3H3. The Bertz CT molecular complexity index is 495. The van der Waals surface area contributed by atoms with E-state index in [0.717, 1.165) is 38.5 Å². The Labute approximate surface area is 178 Å². The molecule has 0 aromatic rings. The van der Waals surface area contributed by atoms with Crippen LogP contribution in [0.1, 0.15) is 85.0 Å². The quantitative estimate of drug-likeness (QED) is 0.110. The van der Waals surface area contributed by atoms with Crippen molar-refractivity contribution in [3.63, 3.8) is 0 Å². The van der Waals surface area contributed by atoms with Gasteiger partial charge in [-0.25, -0.2) is 14.5 Å². The molecule has 30 heavy (non-hydrogen) atoms. The van der Waals surface area contributed by atoms with Gasteiger partial charge in [-0.2, -0.15) is 0 Å². The minimum Gasteiger partial charge on any atom is -0.466 e. The van der Waals surface area contributed by atoms with Crippen LogP contribution < -0.4 is 0 Å². The summed E-state index contributed by atoms with van der Waals surface area (Å²) in [6.07, 6.45) is 3.75. The molecule has 0 aliphatic rings. The van der Waals surface area contributed by atoms with Crippen LogP contribution >= 0.6 is 0 Å². The van der Waals surface area contributed by atoms with Crippen LogP contribution in [0.2, 0.25) is 0 Å². The van der Waals surface area contributed by atoms with Crippen LogP contribution in [0.5, 0.6) is 0 Å². The highest BCUT2D eigenvalue weighted by atomic mass is 17.1. The molecule has 0 aliphatic carbocycles. The molecule has 0 radical (unpaired) electrons. The molecule has 0 aromatic heterocycles. The minimum atomic E-state index is -2.66. The van der Waals surface area contributed by atoms with Crippen molar-refractivity contribution in [3.05, 3.63) is 0 Å². The topological polar surface area (TPSA) is 129 Å². The molecule has 0 spiro atoms. The summed E-state index contributed by atoms with van der Waals surface area (Å²) in [7, 11) is 0. The Morgan fingerprint density at radius 3 is 1.70 bits per heavy atom. The molecule has 9 nitrogen and oxygen atoms in total. The summed E-state index contributed by atoms with van der Waals surface area (Å²) < 4.78 is 15.1. The predicted molar refractivity (Wildman–Crippen MR) is 109 cm³/mol. The first-order valence-corrected chi connectivity index (χ1v) is 10.9. The maximum absolute atomic E-state index is 12.6. The van der Waals surface area contributed by atoms with E-state index < -0.39 is 36.0 Å². The van der Waals surface area contributed by atoms with E-state index in [1.54, 1.807) is 0 Å². The van der Waals surface area contributed by atoms with Crippen molar-refractivity contribution < 1.29 is 43.8 Å². The van der Waals surface area contributed by atoms with Gasteiger partial charge in [0.2, 0.25) is 5.60 Å². The first-order chi connectivity index (χ1) is 14.4. The third-order valence-electron chi connectivity index (χ3n) is 4.56. The van der Waals surface area contributed by atoms with E-state index in [-0.39, 0.29) is 19.8 Å². The summed E-state index contributed by atoms with van der Waals surface area (Å²) in [6.45, 7) is 6.05. The van der Waals surface area contributed by atoms with E-state index in [0.29, 0.717) is 19.3 Å².